The van der Waals surface area contributed by atoms with Crippen molar-refractivity contribution in [3.05, 3.63) is 68.3 Å². The molecule has 0 radical (unpaired) electrons. The first-order chi connectivity index (χ1) is 14.3. The lowest BCUT2D eigenvalue weighted by Crippen LogP contribution is -2.47. The van der Waals surface area contributed by atoms with Crippen LogP contribution in [0.15, 0.2) is 35.1 Å². The predicted molar refractivity (Wildman–Crippen MR) is 113 cm³/mol. The second-order valence-electron chi connectivity index (χ2n) is 6.94. The van der Waals surface area contributed by atoms with Gasteiger partial charge in [0.15, 0.2) is 5.82 Å². The first-order valence-corrected chi connectivity index (χ1v) is 11.4. The summed E-state index contributed by atoms with van der Waals surface area (Å²) in [7, 11) is -0.978. The first-order valence-electron chi connectivity index (χ1n) is 9.33. The molecule has 1 aromatic heterocycles. The highest BCUT2D eigenvalue weighted by molar-refractivity contribution is 7.84. The average molecular weight is 454 g/mol. The summed E-state index contributed by atoms with van der Waals surface area (Å²) < 4.78 is 26.9. The Balaban J connectivity index is 1.76. The topological polar surface area (TPSA) is 88.5 Å². The zero-order valence-electron chi connectivity index (χ0n) is 16.3. The zero-order chi connectivity index (χ0) is 21.8. The lowest BCUT2D eigenvalue weighted by Gasteiger charge is -2.30. The van der Waals surface area contributed by atoms with Crippen molar-refractivity contribution in [2.45, 2.75) is 19.5 Å². The molecule has 0 bridgehead atoms. The Morgan fingerprint density at radius 1 is 1.23 bits per heavy atom. The van der Waals surface area contributed by atoms with Gasteiger partial charge in [-0.25, -0.2) is 4.39 Å². The van der Waals surface area contributed by atoms with Crippen molar-refractivity contribution in [1.82, 2.24) is 14.8 Å². The number of hydrogen-bond donors (Lipinski definition) is 1. The molecule has 30 heavy (non-hydrogen) atoms. The molecule has 1 aliphatic rings. The van der Waals surface area contributed by atoms with Crippen molar-refractivity contribution >= 4 is 34.2 Å². The number of nitrogens with zero attached hydrogens (tertiary/aromatic N) is 2. The van der Waals surface area contributed by atoms with Crippen LogP contribution >= 0.6 is 11.6 Å². The summed E-state index contributed by atoms with van der Waals surface area (Å²) in [6, 6.07) is 7.61. The second kappa shape index (κ2) is 9.53. The highest BCUT2D eigenvalue weighted by Gasteiger charge is 2.30. The van der Waals surface area contributed by atoms with Crippen LogP contribution < -0.4 is 10.9 Å². The van der Waals surface area contributed by atoms with E-state index in [-0.39, 0.29) is 30.9 Å². The molecule has 2 aromatic rings. The van der Waals surface area contributed by atoms with E-state index in [1.54, 1.807) is 30.5 Å². The molecule has 10 heteroatoms. The van der Waals surface area contributed by atoms with E-state index in [1.165, 1.54) is 4.90 Å². The van der Waals surface area contributed by atoms with Crippen LogP contribution in [0, 0.1) is 5.82 Å². The molecule has 2 heterocycles. The van der Waals surface area contributed by atoms with E-state index in [0.717, 1.165) is 16.2 Å². The Bertz CT molecular complexity index is 1060. The molecule has 1 aromatic carbocycles. The molecule has 0 saturated heterocycles. The summed E-state index contributed by atoms with van der Waals surface area (Å²) in [5.74, 6) is -1.80. The minimum Gasteiger partial charge on any atom is -0.348 e. The van der Waals surface area contributed by atoms with Crippen molar-refractivity contribution in [3.63, 3.8) is 0 Å². The predicted octanol–water partition coefficient (Wildman–Crippen LogP) is 1.80. The van der Waals surface area contributed by atoms with E-state index in [1.807, 2.05) is 0 Å². The number of aromatic nitrogens is 1. The fourth-order valence-electron chi connectivity index (χ4n) is 3.25. The Kier molecular flexibility index (Phi) is 7.04. The molecule has 1 aliphatic heterocycles. The number of fused-ring (bicyclic) bond motifs is 1. The minimum atomic E-state index is -0.978. The summed E-state index contributed by atoms with van der Waals surface area (Å²) in [6.45, 7) is 0.779. The van der Waals surface area contributed by atoms with E-state index in [0.29, 0.717) is 23.7 Å². The number of amides is 2. The SMILES string of the molecule is CS(=O)CCCN1CCn2c(c(F)cc(C(=O)NCc3ccc(Cl)cc3)c2=O)C1=O. The molecular formula is C20H21ClFN3O4S. The van der Waals surface area contributed by atoms with Gasteiger partial charge in [-0.15, -0.1) is 0 Å². The van der Waals surface area contributed by atoms with Gasteiger partial charge in [-0.2, -0.15) is 0 Å². The van der Waals surface area contributed by atoms with E-state index < -0.39 is 34.0 Å². The van der Waals surface area contributed by atoms with Crippen LogP contribution in [0.1, 0.15) is 32.8 Å². The Labute approximate surface area is 180 Å². The minimum absolute atomic E-state index is 0.0876. The fraction of sp³-hybridized carbons (Fsp3) is 0.350. The molecule has 1 N–H and O–H groups in total. The van der Waals surface area contributed by atoms with Crippen LogP contribution in [0.4, 0.5) is 4.39 Å². The van der Waals surface area contributed by atoms with Gasteiger partial charge in [0.2, 0.25) is 0 Å². The van der Waals surface area contributed by atoms with E-state index in [4.69, 9.17) is 11.6 Å². The molecule has 0 spiro atoms. The number of pyridine rings is 1. The third-order valence-electron chi connectivity index (χ3n) is 4.80. The highest BCUT2D eigenvalue weighted by Crippen LogP contribution is 2.16. The quantitative estimate of drug-likeness (QED) is 0.692. The molecule has 0 fully saturated rings. The van der Waals surface area contributed by atoms with E-state index in [9.17, 15) is 23.0 Å². The summed E-state index contributed by atoms with van der Waals surface area (Å²) in [4.78, 5) is 39.2. The van der Waals surface area contributed by atoms with Gasteiger partial charge < -0.3 is 10.2 Å². The highest BCUT2D eigenvalue weighted by atomic mass is 35.5. The average Bonchev–Trinajstić information content (AvgIpc) is 2.71. The lowest BCUT2D eigenvalue weighted by molar-refractivity contribution is 0.0691. The standard InChI is InChI=1S/C20H21ClFN3O4S/c1-30(29)10-2-7-24-8-9-25-17(20(24)28)16(22)11-15(19(25)27)18(26)23-12-13-3-5-14(21)6-4-13/h3-6,11H,2,7-10,12H2,1H3,(H,23,26). The summed E-state index contributed by atoms with van der Waals surface area (Å²) >= 11 is 5.82. The number of halogens is 2. The van der Waals surface area contributed by atoms with Crippen molar-refractivity contribution in [1.29, 1.82) is 0 Å². The molecule has 1 unspecified atom stereocenters. The summed E-state index contributed by atoms with van der Waals surface area (Å²) in [5.41, 5.74) is -0.640. The molecular weight excluding hydrogens is 433 g/mol. The van der Waals surface area contributed by atoms with Crippen LogP contribution in [0.2, 0.25) is 5.02 Å². The number of hydrogen-bond acceptors (Lipinski definition) is 4. The number of carbonyl (C=O) groups excluding carboxylic acids is 2. The lowest BCUT2D eigenvalue weighted by atomic mass is 10.1. The van der Waals surface area contributed by atoms with Crippen molar-refractivity contribution in [2.24, 2.45) is 0 Å². The third-order valence-corrected chi connectivity index (χ3v) is 5.91. The largest absolute Gasteiger partial charge is 0.348 e. The van der Waals surface area contributed by atoms with Gasteiger partial charge in [-0.3, -0.25) is 23.2 Å². The molecule has 1 atom stereocenters. The third kappa shape index (κ3) is 4.96. The molecule has 0 saturated carbocycles. The maximum atomic E-state index is 14.7. The molecule has 3 rings (SSSR count). The second-order valence-corrected chi connectivity index (χ2v) is 8.93. The molecule has 2 amide bonds. The van der Waals surface area contributed by atoms with Crippen LogP contribution in [0.25, 0.3) is 0 Å². The molecule has 160 valence electrons. The van der Waals surface area contributed by atoms with Crippen molar-refractivity contribution in [3.8, 4) is 0 Å². The van der Waals surface area contributed by atoms with Crippen LogP contribution in [-0.2, 0) is 23.9 Å². The van der Waals surface area contributed by atoms with Gasteiger partial charge in [0.05, 0.1) is 0 Å². The van der Waals surface area contributed by atoms with Gasteiger partial charge in [0.1, 0.15) is 11.3 Å². The van der Waals surface area contributed by atoms with Gasteiger partial charge in [-0.05, 0) is 30.2 Å². The van der Waals surface area contributed by atoms with Gasteiger partial charge >= 0.3 is 0 Å². The van der Waals surface area contributed by atoms with Gasteiger partial charge in [-0.1, -0.05) is 23.7 Å². The van der Waals surface area contributed by atoms with Crippen LogP contribution in [0.3, 0.4) is 0 Å². The first kappa shape index (κ1) is 22.2. The Morgan fingerprint density at radius 2 is 1.93 bits per heavy atom. The normalized spacial score (nSPS) is 14.4. The maximum Gasteiger partial charge on any atom is 0.273 e. The van der Waals surface area contributed by atoms with Gasteiger partial charge in [0, 0.05) is 54.0 Å². The van der Waals surface area contributed by atoms with Crippen LogP contribution in [0.5, 0.6) is 0 Å². The van der Waals surface area contributed by atoms with E-state index >= 15 is 0 Å². The molecule has 0 aliphatic carbocycles. The number of carbonyl (C=O) groups is 2. The fourth-order valence-corrected chi connectivity index (χ4v) is 3.91. The van der Waals surface area contributed by atoms with E-state index in [2.05, 4.69) is 5.32 Å². The summed E-state index contributed by atoms with van der Waals surface area (Å²) in [6.07, 6.45) is 2.10. The number of benzene rings is 1. The number of rotatable bonds is 7. The van der Waals surface area contributed by atoms with Gasteiger partial charge in [0.25, 0.3) is 17.4 Å². The Hall–Kier alpha value is -2.52. The summed E-state index contributed by atoms with van der Waals surface area (Å²) in [5, 5.41) is 3.14. The van der Waals surface area contributed by atoms with Crippen molar-refractivity contribution < 1.29 is 18.2 Å². The number of nitrogens with one attached hydrogen (secondary N) is 1. The zero-order valence-corrected chi connectivity index (χ0v) is 17.9. The smallest absolute Gasteiger partial charge is 0.273 e. The molecule has 7 nitrogen and oxygen atoms in total. The van der Waals surface area contributed by atoms with Crippen LogP contribution in [-0.4, -0.2) is 50.6 Å². The maximum absolute atomic E-state index is 14.7. The van der Waals surface area contributed by atoms with Crippen molar-refractivity contribution in [2.75, 3.05) is 25.1 Å². The monoisotopic (exact) mass is 453 g/mol. The Morgan fingerprint density at radius 3 is 2.60 bits per heavy atom.